The Morgan fingerprint density at radius 2 is 2.07 bits per heavy atom. The second-order valence-corrected chi connectivity index (χ2v) is 4.46. The average Bonchev–Trinajstić information content (AvgIpc) is 2.19. The van der Waals surface area contributed by atoms with E-state index in [1.54, 1.807) is 18.7 Å². The van der Waals surface area contributed by atoms with E-state index in [2.05, 4.69) is 6.04 Å². The molecule has 0 saturated heterocycles. The molecule has 0 aliphatic rings. The SMILES string of the molecule is C#CN(C)c1cc(C)c(F)c(C)c1[SiH3]. The lowest BCUT2D eigenvalue weighted by Gasteiger charge is -2.17. The molecule has 0 fully saturated rings. The van der Waals surface area contributed by atoms with Gasteiger partial charge in [-0.3, -0.25) is 0 Å². The van der Waals surface area contributed by atoms with Gasteiger partial charge in [-0.05, 0) is 36.2 Å². The molecule has 0 saturated carbocycles. The Morgan fingerprint density at radius 3 is 2.57 bits per heavy atom. The van der Waals surface area contributed by atoms with E-state index in [1.807, 2.05) is 13.1 Å². The normalized spacial score (nSPS) is 9.93. The summed E-state index contributed by atoms with van der Waals surface area (Å²) in [6.07, 6.45) is 5.31. The van der Waals surface area contributed by atoms with E-state index in [0.717, 1.165) is 26.7 Å². The van der Waals surface area contributed by atoms with E-state index < -0.39 is 0 Å². The molecule has 0 unspecified atom stereocenters. The molecule has 0 heterocycles. The molecule has 0 N–H and O–H groups in total. The van der Waals surface area contributed by atoms with Gasteiger partial charge in [0.2, 0.25) is 0 Å². The standard InChI is InChI=1S/C11H14FNSi/c1-5-13(4)9-6-7(2)10(12)8(3)11(9)14/h1,6H,2-4,14H3. The maximum atomic E-state index is 13.5. The number of rotatable bonds is 1. The van der Waals surface area contributed by atoms with Crippen molar-refractivity contribution < 1.29 is 4.39 Å². The fourth-order valence-corrected chi connectivity index (χ4v) is 2.15. The van der Waals surface area contributed by atoms with Crippen molar-refractivity contribution in [2.45, 2.75) is 13.8 Å². The summed E-state index contributed by atoms with van der Waals surface area (Å²) in [5.41, 5.74) is 2.34. The van der Waals surface area contributed by atoms with E-state index in [0.29, 0.717) is 5.56 Å². The zero-order valence-electron chi connectivity index (χ0n) is 8.98. The number of terminal acetylenes is 1. The van der Waals surface area contributed by atoms with E-state index in [-0.39, 0.29) is 5.82 Å². The molecule has 74 valence electrons. The molecule has 0 aliphatic heterocycles. The van der Waals surface area contributed by atoms with E-state index >= 15 is 0 Å². The summed E-state index contributed by atoms with van der Waals surface area (Å²) in [6.45, 7) is 3.57. The summed E-state index contributed by atoms with van der Waals surface area (Å²) in [5.74, 6) is -0.107. The molecule has 3 heteroatoms. The van der Waals surface area contributed by atoms with Gasteiger partial charge in [-0.1, -0.05) is 6.42 Å². The number of hydrogen-bond acceptors (Lipinski definition) is 1. The van der Waals surface area contributed by atoms with Gasteiger partial charge in [-0.15, -0.1) is 0 Å². The van der Waals surface area contributed by atoms with Crippen LogP contribution in [-0.4, -0.2) is 17.3 Å². The molecule has 1 nitrogen and oxygen atoms in total. The zero-order chi connectivity index (χ0) is 10.9. The quantitative estimate of drug-likeness (QED) is 0.367. The number of halogens is 1. The first kappa shape index (κ1) is 10.8. The van der Waals surface area contributed by atoms with Gasteiger partial charge in [-0.25, -0.2) is 4.39 Å². The topological polar surface area (TPSA) is 3.24 Å². The molecule has 0 aliphatic carbocycles. The first-order chi connectivity index (χ1) is 6.49. The minimum absolute atomic E-state index is 0.107. The van der Waals surface area contributed by atoms with Crippen LogP contribution >= 0.6 is 0 Å². The number of benzene rings is 1. The van der Waals surface area contributed by atoms with Crippen molar-refractivity contribution in [1.29, 1.82) is 0 Å². The van der Waals surface area contributed by atoms with Gasteiger partial charge in [0.25, 0.3) is 0 Å². The monoisotopic (exact) mass is 207 g/mol. The predicted octanol–water partition coefficient (Wildman–Crippen LogP) is 0.460. The molecule has 0 bridgehead atoms. The Kier molecular flexibility index (Phi) is 2.97. The Hall–Kier alpha value is -1.27. The largest absolute Gasteiger partial charge is 0.305 e. The molecule has 1 rings (SSSR count). The molecule has 0 radical (unpaired) electrons. The number of anilines is 1. The second kappa shape index (κ2) is 3.85. The molecule has 0 atom stereocenters. The highest BCUT2D eigenvalue weighted by molar-refractivity contribution is 6.37. The van der Waals surface area contributed by atoms with Crippen molar-refractivity contribution in [3.05, 3.63) is 23.0 Å². The van der Waals surface area contributed by atoms with Gasteiger partial charge >= 0.3 is 0 Å². The molecule has 14 heavy (non-hydrogen) atoms. The number of nitrogens with zero attached hydrogens (tertiary/aromatic N) is 1. The van der Waals surface area contributed by atoms with Crippen molar-refractivity contribution in [2.24, 2.45) is 0 Å². The number of hydrogen-bond donors (Lipinski definition) is 0. The molecule has 1 aromatic carbocycles. The van der Waals surface area contributed by atoms with Gasteiger partial charge < -0.3 is 4.90 Å². The molecule has 1 aromatic rings. The molecule has 0 spiro atoms. The summed E-state index contributed by atoms with van der Waals surface area (Å²) in [7, 11) is 2.61. The minimum Gasteiger partial charge on any atom is -0.305 e. The summed E-state index contributed by atoms with van der Waals surface area (Å²) in [5, 5.41) is 1.04. The molecular formula is C11H14FNSi. The highest BCUT2D eigenvalue weighted by Crippen LogP contribution is 2.17. The Bertz CT molecular complexity index is 407. The smallest absolute Gasteiger partial charge is 0.129 e. The van der Waals surface area contributed by atoms with E-state index in [9.17, 15) is 4.39 Å². The van der Waals surface area contributed by atoms with Crippen LogP contribution in [0.15, 0.2) is 6.07 Å². The van der Waals surface area contributed by atoms with Crippen molar-refractivity contribution in [2.75, 3.05) is 11.9 Å². The lowest BCUT2D eigenvalue weighted by atomic mass is 10.1. The third-order valence-electron chi connectivity index (χ3n) is 2.53. The van der Waals surface area contributed by atoms with Crippen molar-refractivity contribution in [3.63, 3.8) is 0 Å². The van der Waals surface area contributed by atoms with Crippen molar-refractivity contribution >= 4 is 21.1 Å². The summed E-state index contributed by atoms with van der Waals surface area (Å²) in [6, 6.07) is 4.34. The van der Waals surface area contributed by atoms with Gasteiger partial charge in [-0.2, -0.15) is 0 Å². The first-order valence-corrected chi connectivity index (χ1v) is 5.45. The molecule has 0 amide bonds. The predicted molar refractivity (Wildman–Crippen MR) is 62.7 cm³/mol. The van der Waals surface area contributed by atoms with Gasteiger partial charge in [0.05, 0.1) is 0 Å². The Morgan fingerprint density at radius 1 is 1.50 bits per heavy atom. The Balaban J connectivity index is 3.42. The summed E-state index contributed by atoms with van der Waals surface area (Å²) >= 11 is 0. The van der Waals surface area contributed by atoms with Crippen LogP contribution in [0.5, 0.6) is 0 Å². The average molecular weight is 207 g/mol. The fourth-order valence-electron chi connectivity index (χ4n) is 1.45. The van der Waals surface area contributed by atoms with E-state index in [1.165, 1.54) is 0 Å². The third kappa shape index (κ3) is 1.66. The third-order valence-corrected chi connectivity index (χ3v) is 3.79. The zero-order valence-corrected chi connectivity index (χ0v) is 11.0. The van der Waals surface area contributed by atoms with E-state index in [4.69, 9.17) is 6.42 Å². The van der Waals surface area contributed by atoms with Crippen LogP contribution in [0.4, 0.5) is 10.1 Å². The minimum atomic E-state index is -0.107. The lowest BCUT2D eigenvalue weighted by Crippen LogP contribution is -2.22. The molecule has 0 aromatic heterocycles. The summed E-state index contributed by atoms with van der Waals surface area (Å²) < 4.78 is 13.5. The van der Waals surface area contributed by atoms with Gasteiger partial charge in [0.1, 0.15) is 5.82 Å². The Labute approximate surface area is 87.4 Å². The lowest BCUT2D eigenvalue weighted by molar-refractivity contribution is 0.611. The second-order valence-electron chi connectivity index (χ2n) is 3.46. The van der Waals surface area contributed by atoms with Gasteiger partial charge in [0, 0.05) is 29.0 Å². The summed E-state index contributed by atoms with van der Waals surface area (Å²) in [4.78, 5) is 1.70. The van der Waals surface area contributed by atoms with Crippen LogP contribution in [0.25, 0.3) is 0 Å². The highest BCUT2D eigenvalue weighted by Gasteiger charge is 2.11. The van der Waals surface area contributed by atoms with Crippen molar-refractivity contribution in [1.82, 2.24) is 0 Å². The number of aryl methyl sites for hydroxylation is 1. The molecular weight excluding hydrogens is 193 g/mol. The highest BCUT2D eigenvalue weighted by atomic mass is 28.1. The van der Waals surface area contributed by atoms with Gasteiger partial charge in [0.15, 0.2) is 0 Å². The first-order valence-electron chi connectivity index (χ1n) is 4.45. The van der Waals surface area contributed by atoms with Crippen LogP contribution in [0.2, 0.25) is 0 Å². The maximum absolute atomic E-state index is 13.5. The van der Waals surface area contributed by atoms with Crippen LogP contribution in [0, 0.1) is 32.1 Å². The van der Waals surface area contributed by atoms with Crippen LogP contribution < -0.4 is 10.1 Å². The van der Waals surface area contributed by atoms with Crippen LogP contribution in [-0.2, 0) is 0 Å². The van der Waals surface area contributed by atoms with Crippen molar-refractivity contribution in [3.8, 4) is 12.5 Å². The maximum Gasteiger partial charge on any atom is 0.129 e. The van der Waals surface area contributed by atoms with Crippen LogP contribution in [0.1, 0.15) is 11.1 Å². The van der Waals surface area contributed by atoms with Crippen LogP contribution in [0.3, 0.4) is 0 Å². The fraction of sp³-hybridized carbons (Fsp3) is 0.273.